The van der Waals surface area contributed by atoms with Crippen LogP contribution in [0.15, 0.2) is 47.5 Å². The fourth-order valence-corrected chi connectivity index (χ4v) is 4.92. The number of aromatic nitrogens is 1. The number of alkyl halides is 3. The highest BCUT2D eigenvalue weighted by Gasteiger charge is 2.38. The van der Waals surface area contributed by atoms with Crippen molar-refractivity contribution in [1.29, 1.82) is 0 Å². The van der Waals surface area contributed by atoms with Crippen LogP contribution in [0.1, 0.15) is 18.4 Å². The highest BCUT2D eigenvalue weighted by atomic mass is 35.5. The minimum atomic E-state index is -4.50. The highest BCUT2D eigenvalue weighted by molar-refractivity contribution is 7.92. The second-order valence-electron chi connectivity index (χ2n) is 6.06. The average Bonchev–Trinajstić information content (AvgIpc) is 2.61. The summed E-state index contributed by atoms with van der Waals surface area (Å²) in [4.78, 5) is 5.54. The van der Waals surface area contributed by atoms with E-state index in [1.165, 1.54) is 41.4 Å². The molecule has 0 atom stereocenters. The van der Waals surface area contributed by atoms with Crippen LogP contribution in [0, 0.1) is 0 Å². The van der Waals surface area contributed by atoms with Crippen LogP contribution in [-0.2, 0) is 16.0 Å². The molecule has 0 aliphatic carbocycles. The summed E-state index contributed by atoms with van der Waals surface area (Å²) in [6.07, 6.45) is -2.73. The number of hydrogen-bond acceptors (Lipinski definition) is 4. The second-order valence-corrected chi connectivity index (χ2v) is 8.72. The fourth-order valence-electron chi connectivity index (χ4n) is 3.06. The number of anilines is 1. The van der Waals surface area contributed by atoms with Gasteiger partial charge in [0, 0.05) is 24.3 Å². The van der Waals surface area contributed by atoms with Gasteiger partial charge < -0.3 is 4.90 Å². The first-order valence-electron chi connectivity index (χ1n) is 7.96. The van der Waals surface area contributed by atoms with E-state index in [1.807, 2.05) is 0 Å². The van der Waals surface area contributed by atoms with Gasteiger partial charge in [0.05, 0.1) is 15.7 Å². The van der Waals surface area contributed by atoms with Crippen LogP contribution in [0.5, 0.6) is 0 Å². The average molecular weight is 405 g/mol. The largest absolute Gasteiger partial charge is 0.419 e. The van der Waals surface area contributed by atoms with Gasteiger partial charge in [0.25, 0.3) is 0 Å². The van der Waals surface area contributed by atoms with Crippen LogP contribution in [-0.4, -0.2) is 31.7 Å². The van der Waals surface area contributed by atoms with Crippen molar-refractivity contribution in [1.82, 2.24) is 4.98 Å². The van der Waals surface area contributed by atoms with Gasteiger partial charge in [-0.05, 0) is 49.2 Å². The zero-order valence-corrected chi connectivity index (χ0v) is 15.2. The normalized spacial score (nSPS) is 16.7. The van der Waals surface area contributed by atoms with Crippen molar-refractivity contribution in [3.8, 4) is 0 Å². The van der Waals surface area contributed by atoms with Gasteiger partial charge in [-0.2, -0.15) is 13.2 Å². The molecule has 1 saturated heterocycles. The third-order valence-corrected chi connectivity index (χ3v) is 6.94. The van der Waals surface area contributed by atoms with Gasteiger partial charge >= 0.3 is 6.18 Å². The molecule has 3 rings (SSSR count). The molecule has 0 spiro atoms. The molecule has 140 valence electrons. The maximum Gasteiger partial charge on any atom is 0.419 e. The molecule has 1 aliphatic rings. The van der Waals surface area contributed by atoms with Gasteiger partial charge in [-0.1, -0.05) is 11.6 Å². The maximum absolute atomic E-state index is 13.1. The van der Waals surface area contributed by atoms with Crippen molar-refractivity contribution in [3.63, 3.8) is 0 Å². The van der Waals surface area contributed by atoms with Crippen molar-refractivity contribution in [2.75, 3.05) is 18.0 Å². The Bertz CT molecular complexity index is 878. The Hall–Kier alpha value is -1.80. The van der Waals surface area contributed by atoms with Gasteiger partial charge in [0.2, 0.25) is 0 Å². The van der Waals surface area contributed by atoms with Crippen LogP contribution >= 0.6 is 11.6 Å². The van der Waals surface area contributed by atoms with Crippen molar-refractivity contribution in [2.45, 2.75) is 29.2 Å². The van der Waals surface area contributed by atoms with Crippen LogP contribution in [0.2, 0.25) is 5.02 Å². The van der Waals surface area contributed by atoms with Crippen molar-refractivity contribution < 1.29 is 21.6 Å². The summed E-state index contributed by atoms with van der Waals surface area (Å²) in [5, 5.41) is -0.202. The van der Waals surface area contributed by atoms with E-state index in [-0.39, 0.29) is 36.6 Å². The van der Waals surface area contributed by atoms with E-state index >= 15 is 0 Å². The molecule has 1 aromatic carbocycles. The Labute approximate surface area is 154 Å². The lowest BCUT2D eigenvalue weighted by atomic mass is 10.1. The summed E-state index contributed by atoms with van der Waals surface area (Å²) in [6.45, 7) is 0.384. The molecule has 1 fully saturated rings. The van der Waals surface area contributed by atoms with E-state index in [1.54, 1.807) is 0 Å². The minimum Gasteiger partial charge on any atom is -0.356 e. The Morgan fingerprint density at radius 1 is 1.08 bits per heavy atom. The topological polar surface area (TPSA) is 50.3 Å². The molecule has 0 saturated carbocycles. The number of hydrogen-bond donors (Lipinski definition) is 0. The monoisotopic (exact) mass is 404 g/mol. The first-order valence-corrected chi connectivity index (χ1v) is 9.88. The van der Waals surface area contributed by atoms with Crippen LogP contribution < -0.4 is 4.90 Å². The summed E-state index contributed by atoms with van der Waals surface area (Å²) >= 11 is 5.79. The predicted octanol–water partition coefficient (Wildman–Crippen LogP) is 4.20. The molecular formula is C17H16ClF3N2O2S. The number of piperidine rings is 1. The number of benzene rings is 1. The summed E-state index contributed by atoms with van der Waals surface area (Å²) < 4.78 is 64.9. The van der Waals surface area contributed by atoms with Crippen LogP contribution in [0.3, 0.4) is 0 Å². The van der Waals surface area contributed by atoms with Gasteiger partial charge in [0.1, 0.15) is 5.82 Å². The van der Waals surface area contributed by atoms with Gasteiger partial charge in [-0.15, -0.1) is 0 Å². The lowest BCUT2D eigenvalue weighted by Gasteiger charge is -2.33. The third-order valence-electron chi connectivity index (χ3n) is 4.41. The third kappa shape index (κ3) is 3.81. The van der Waals surface area contributed by atoms with Gasteiger partial charge in [0.15, 0.2) is 9.84 Å². The van der Waals surface area contributed by atoms with Crippen molar-refractivity contribution >= 4 is 27.3 Å². The first kappa shape index (κ1) is 19.0. The molecule has 0 N–H and O–H groups in total. The maximum atomic E-state index is 13.1. The molecule has 2 heterocycles. The number of halogens is 4. The number of rotatable bonds is 3. The summed E-state index contributed by atoms with van der Waals surface area (Å²) in [7, 11) is -3.55. The molecule has 1 aliphatic heterocycles. The quantitative estimate of drug-likeness (QED) is 0.769. The molecular weight excluding hydrogens is 389 g/mol. The van der Waals surface area contributed by atoms with Crippen molar-refractivity contribution in [3.05, 3.63) is 53.2 Å². The lowest BCUT2D eigenvalue weighted by molar-refractivity contribution is -0.137. The van der Waals surface area contributed by atoms with Crippen molar-refractivity contribution in [2.24, 2.45) is 0 Å². The molecule has 0 bridgehead atoms. The van der Waals surface area contributed by atoms with E-state index in [2.05, 4.69) is 4.98 Å². The van der Waals surface area contributed by atoms with Gasteiger partial charge in [-0.25, -0.2) is 13.4 Å². The summed E-state index contributed by atoms with van der Waals surface area (Å²) in [5.41, 5.74) is -0.806. The van der Waals surface area contributed by atoms with Crippen LogP contribution in [0.4, 0.5) is 19.0 Å². The van der Waals surface area contributed by atoms with Gasteiger partial charge in [-0.3, -0.25) is 0 Å². The lowest BCUT2D eigenvalue weighted by Crippen LogP contribution is -2.40. The summed E-state index contributed by atoms with van der Waals surface area (Å²) in [6, 6.07) is 8.14. The van der Waals surface area contributed by atoms with E-state index < -0.39 is 26.8 Å². The number of sulfone groups is 1. The van der Waals surface area contributed by atoms with E-state index in [4.69, 9.17) is 11.6 Å². The fraction of sp³-hybridized carbons (Fsp3) is 0.353. The molecule has 2 aromatic rings. The zero-order chi connectivity index (χ0) is 18.9. The number of nitrogens with zero attached hydrogens (tertiary/aromatic N) is 2. The molecule has 9 heteroatoms. The Kier molecular flexibility index (Phi) is 5.16. The SMILES string of the molecule is O=S(=O)(c1ccc(Cl)cc1)C1CCN(c2ncccc2C(F)(F)F)CC1. The van der Waals surface area contributed by atoms with E-state index in [9.17, 15) is 21.6 Å². The minimum absolute atomic E-state index is 0.151. The molecule has 0 amide bonds. The first-order chi connectivity index (χ1) is 12.2. The standard InChI is InChI=1S/C17H16ClF3N2O2S/c18-12-3-5-13(6-4-12)26(24,25)14-7-10-23(11-8-14)16-15(17(19,20)21)2-1-9-22-16/h1-6,9,14H,7-8,10-11H2. The summed E-state index contributed by atoms with van der Waals surface area (Å²) in [5.74, 6) is -0.151. The number of pyridine rings is 1. The Morgan fingerprint density at radius 3 is 2.27 bits per heavy atom. The molecule has 1 aromatic heterocycles. The molecule has 0 radical (unpaired) electrons. The van der Waals surface area contributed by atoms with E-state index in [0.29, 0.717) is 5.02 Å². The Morgan fingerprint density at radius 2 is 1.69 bits per heavy atom. The molecule has 4 nitrogen and oxygen atoms in total. The zero-order valence-electron chi connectivity index (χ0n) is 13.6. The molecule has 0 unspecified atom stereocenters. The molecule has 26 heavy (non-hydrogen) atoms. The second kappa shape index (κ2) is 7.08. The Balaban J connectivity index is 1.77. The van der Waals surface area contributed by atoms with Crippen LogP contribution in [0.25, 0.3) is 0 Å². The smallest absolute Gasteiger partial charge is 0.356 e. The predicted molar refractivity (Wildman–Crippen MR) is 93.1 cm³/mol. The van der Waals surface area contributed by atoms with E-state index in [0.717, 1.165) is 6.07 Å². The highest BCUT2D eigenvalue weighted by Crippen LogP contribution is 2.36.